The molecule has 0 saturated carbocycles. The summed E-state index contributed by atoms with van der Waals surface area (Å²) in [6.07, 6.45) is 3.76. The predicted octanol–water partition coefficient (Wildman–Crippen LogP) is 2.29. The van der Waals surface area contributed by atoms with Gasteiger partial charge in [0.05, 0.1) is 12.5 Å². The van der Waals surface area contributed by atoms with Gasteiger partial charge in [0.15, 0.2) is 0 Å². The fourth-order valence-corrected chi connectivity index (χ4v) is 5.19. The Morgan fingerprint density at radius 2 is 1.90 bits per heavy atom. The fourth-order valence-electron chi connectivity index (χ4n) is 5.19. The molecule has 1 aromatic carbocycles. The van der Waals surface area contributed by atoms with Gasteiger partial charge in [-0.3, -0.25) is 14.4 Å². The largest absolute Gasteiger partial charge is 0.481 e. The second-order valence-electron chi connectivity index (χ2n) is 9.28. The first-order valence-corrected chi connectivity index (χ1v) is 11.3. The van der Waals surface area contributed by atoms with Crippen molar-refractivity contribution in [1.82, 2.24) is 15.1 Å². The molecule has 3 aliphatic rings. The van der Waals surface area contributed by atoms with Crippen LogP contribution in [0.2, 0.25) is 0 Å². The second-order valence-corrected chi connectivity index (χ2v) is 9.28. The molecule has 1 aromatic rings. The lowest BCUT2D eigenvalue weighted by Crippen LogP contribution is -2.55. The summed E-state index contributed by atoms with van der Waals surface area (Å²) in [5, 5.41) is 10.6. The van der Waals surface area contributed by atoms with Crippen LogP contribution < -0.4 is 5.32 Å². The van der Waals surface area contributed by atoms with E-state index >= 15 is 0 Å². The Balaban J connectivity index is 0.000000628. The molecule has 0 aromatic heterocycles. The number of aliphatic carboxylic acids is 1. The zero-order valence-electron chi connectivity index (χ0n) is 18.8. The van der Waals surface area contributed by atoms with Gasteiger partial charge in [-0.15, -0.1) is 0 Å². The lowest BCUT2D eigenvalue weighted by Gasteiger charge is -2.36. The van der Waals surface area contributed by atoms with Gasteiger partial charge in [-0.1, -0.05) is 38.1 Å². The van der Waals surface area contributed by atoms with Crippen LogP contribution in [0, 0.1) is 11.8 Å². The number of aryl methyl sites for hydroxylation is 1. The number of nitrogens with zero attached hydrogens (tertiary/aromatic N) is 2. The number of fused-ring (bicyclic) bond motifs is 2. The molecule has 31 heavy (non-hydrogen) atoms. The van der Waals surface area contributed by atoms with Gasteiger partial charge in [-0.05, 0) is 42.7 Å². The van der Waals surface area contributed by atoms with Crippen LogP contribution in [0.1, 0.15) is 51.2 Å². The summed E-state index contributed by atoms with van der Waals surface area (Å²) in [4.78, 5) is 39.2. The number of hydrogen-bond donors (Lipinski definition) is 2. The quantitative estimate of drug-likeness (QED) is 0.770. The lowest BCUT2D eigenvalue weighted by molar-refractivity contribution is -0.140. The van der Waals surface area contributed by atoms with Crippen LogP contribution in [-0.2, 0) is 27.3 Å². The minimum atomic E-state index is -0.833. The molecule has 2 N–H and O–H groups in total. The van der Waals surface area contributed by atoms with Crippen molar-refractivity contribution in [2.45, 2.75) is 65.1 Å². The van der Waals surface area contributed by atoms with Crippen molar-refractivity contribution in [2.75, 3.05) is 19.6 Å². The molecular formula is C24H35N3O4. The summed E-state index contributed by atoms with van der Waals surface area (Å²) >= 11 is 0. The minimum absolute atomic E-state index is 0.0515. The van der Waals surface area contributed by atoms with Crippen LogP contribution in [-0.4, -0.2) is 64.4 Å². The minimum Gasteiger partial charge on any atom is -0.481 e. The zero-order chi connectivity index (χ0) is 22.5. The first-order chi connectivity index (χ1) is 14.8. The maximum absolute atomic E-state index is 13.6. The van der Waals surface area contributed by atoms with Gasteiger partial charge in [-0.25, -0.2) is 0 Å². The Bertz CT molecular complexity index is 806. The lowest BCUT2D eigenvalue weighted by atomic mass is 9.90. The van der Waals surface area contributed by atoms with Gasteiger partial charge < -0.3 is 20.2 Å². The zero-order valence-corrected chi connectivity index (χ0v) is 18.8. The van der Waals surface area contributed by atoms with Crippen molar-refractivity contribution in [3.63, 3.8) is 0 Å². The van der Waals surface area contributed by atoms with E-state index in [1.807, 2.05) is 4.90 Å². The third kappa shape index (κ3) is 5.64. The van der Waals surface area contributed by atoms with E-state index in [0.717, 1.165) is 45.7 Å². The van der Waals surface area contributed by atoms with Gasteiger partial charge in [0.2, 0.25) is 11.8 Å². The summed E-state index contributed by atoms with van der Waals surface area (Å²) in [5.74, 6) is -0.0175. The molecule has 0 radical (unpaired) electrons. The SMILES string of the molecule is CC(=O)O.CC(C)C[C@@H]1[C@H](C(=O)N2CCCc3ccccc3C2)C[C@@H]2CNCC(=O)N21. The van der Waals surface area contributed by atoms with Crippen LogP contribution in [0.5, 0.6) is 0 Å². The number of carboxylic acid groups (broad SMARTS) is 1. The van der Waals surface area contributed by atoms with E-state index in [0.29, 0.717) is 19.0 Å². The molecule has 3 heterocycles. The average Bonchev–Trinajstić information content (AvgIpc) is 2.92. The highest BCUT2D eigenvalue weighted by Crippen LogP contribution is 2.36. The highest BCUT2D eigenvalue weighted by molar-refractivity contribution is 5.85. The van der Waals surface area contributed by atoms with Crippen LogP contribution in [0.25, 0.3) is 0 Å². The van der Waals surface area contributed by atoms with E-state index in [1.165, 1.54) is 11.1 Å². The van der Waals surface area contributed by atoms with E-state index in [2.05, 4.69) is 48.3 Å². The van der Waals surface area contributed by atoms with Crippen molar-refractivity contribution < 1.29 is 19.5 Å². The normalized spacial score (nSPS) is 25.3. The first kappa shape index (κ1) is 23.3. The maximum Gasteiger partial charge on any atom is 0.300 e. The summed E-state index contributed by atoms with van der Waals surface area (Å²) in [6, 6.07) is 8.71. The first-order valence-electron chi connectivity index (χ1n) is 11.3. The molecule has 0 bridgehead atoms. The summed E-state index contributed by atoms with van der Waals surface area (Å²) in [5.41, 5.74) is 2.65. The smallest absolute Gasteiger partial charge is 0.300 e. The molecule has 2 saturated heterocycles. The maximum atomic E-state index is 13.6. The topological polar surface area (TPSA) is 90.0 Å². The van der Waals surface area contributed by atoms with Gasteiger partial charge in [0, 0.05) is 38.6 Å². The third-order valence-electron chi connectivity index (χ3n) is 6.38. The van der Waals surface area contributed by atoms with Crippen LogP contribution in [0.3, 0.4) is 0 Å². The molecule has 7 nitrogen and oxygen atoms in total. The van der Waals surface area contributed by atoms with E-state index < -0.39 is 5.97 Å². The van der Waals surface area contributed by atoms with Crippen LogP contribution >= 0.6 is 0 Å². The summed E-state index contributed by atoms with van der Waals surface area (Å²) < 4.78 is 0. The molecule has 3 atom stereocenters. The number of piperazine rings is 1. The van der Waals surface area contributed by atoms with E-state index in [4.69, 9.17) is 9.90 Å². The predicted molar refractivity (Wildman–Crippen MR) is 118 cm³/mol. The van der Waals surface area contributed by atoms with Gasteiger partial charge in [0.1, 0.15) is 0 Å². The number of carbonyl (C=O) groups excluding carboxylic acids is 2. The highest BCUT2D eigenvalue weighted by Gasteiger charge is 2.48. The van der Waals surface area contributed by atoms with E-state index in [1.54, 1.807) is 0 Å². The Morgan fingerprint density at radius 3 is 2.58 bits per heavy atom. The molecular weight excluding hydrogens is 394 g/mol. The Hall–Kier alpha value is -2.41. The standard InChI is InChI=1S/C22H31N3O2.C2H4O2/c1-15(2)10-20-19(11-18-12-23-13-21(26)25(18)20)22(27)24-9-5-8-16-6-3-4-7-17(16)14-24;1-2(3)4/h3-4,6-7,15,18-20,23H,5,8-14H2,1-2H3;1H3,(H,3,4)/t18-,19-,20-;/m1./s1. The number of benzene rings is 1. The molecule has 2 amide bonds. The highest BCUT2D eigenvalue weighted by atomic mass is 16.4. The number of carboxylic acids is 1. The molecule has 170 valence electrons. The van der Waals surface area contributed by atoms with Crippen molar-refractivity contribution in [3.05, 3.63) is 35.4 Å². The average molecular weight is 430 g/mol. The molecule has 3 aliphatic heterocycles. The van der Waals surface area contributed by atoms with E-state index in [-0.39, 0.29) is 29.8 Å². The monoisotopic (exact) mass is 429 g/mol. The Kier molecular flexibility index (Phi) is 7.70. The van der Waals surface area contributed by atoms with Gasteiger partial charge in [-0.2, -0.15) is 0 Å². The van der Waals surface area contributed by atoms with Crippen molar-refractivity contribution in [1.29, 1.82) is 0 Å². The fraction of sp³-hybridized carbons (Fsp3) is 0.625. The molecule has 4 rings (SSSR count). The second kappa shape index (κ2) is 10.3. The van der Waals surface area contributed by atoms with Crippen LogP contribution in [0.15, 0.2) is 24.3 Å². The van der Waals surface area contributed by atoms with Crippen molar-refractivity contribution in [2.24, 2.45) is 11.8 Å². The van der Waals surface area contributed by atoms with E-state index in [9.17, 15) is 9.59 Å². The number of amides is 2. The molecule has 0 spiro atoms. The molecule has 7 heteroatoms. The van der Waals surface area contributed by atoms with Crippen molar-refractivity contribution in [3.8, 4) is 0 Å². The molecule has 0 unspecified atom stereocenters. The molecule has 2 fully saturated rings. The van der Waals surface area contributed by atoms with Crippen molar-refractivity contribution >= 4 is 17.8 Å². The Labute approximate surface area is 184 Å². The third-order valence-corrected chi connectivity index (χ3v) is 6.38. The number of nitrogens with one attached hydrogen (secondary N) is 1. The number of hydrogen-bond acceptors (Lipinski definition) is 4. The number of rotatable bonds is 3. The van der Waals surface area contributed by atoms with Gasteiger partial charge in [0.25, 0.3) is 5.97 Å². The van der Waals surface area contributed by atoms with Gasteiger partial charge >= 0.3 is 0 Å². The number of carbonyl (C=O) groups is 3. The Morgan fingerprint density at radius 1 is 1.23 bits per heavy atom. The molecule has 0 aliphatic carbocycles. The summed E-state index contributed by atoms with van der Waals surface area (Å²) in [7, 11) is 0. The van der Waals surface area contributed by atoms with Crippen LogP contribution in [0.4, 0.5) is 0 Å². The summed E-state index contributed by atoms with van der Waals surface area (Å²) in [6.45, 7) is 8.19.